The fourth-order valence-electron chi connectivity index (χ4n) is 0. The number of rotatable bonds is 0. The Labute approximate surface area is 217 Å². The van der Waals surface area contributed by atoms with Crippen molar-refractivity contribution < 1.29 is 42.2 Å². The van der Waals surface area contributed by atoms with E-state index in [4.69, 9.17) is 42.2 Å². The van der Waals surface area contributed by atoms with E-state index in [-0.39, 0.29) is 154 Å². The summed E-state index contributed by atoms with van der Waals surface area (Å²) in [6.07, 6.45) is 0. The van der Waals surface area contributed by atoms with Gasteiger partial charge in [0.2, 0.25) is 0 Å². The van der Waals surface area contributed by atoms with Gasteiger partial charge in [0.1, 0.15) is 0 Å². The number of hydrogen-bond donors (Lipinski definition) is 6. The average Bonchev–Trinajstić information content (AvgIpc) is 1.54. The normalized spacial score (nSPS) is 4.80. The van der Waals surface area contributed by atoms with Gasteiger partial charge < -0.3 is 28.8 Å². The van der Waals surface area contributed by atoms with E-state index >= 15 is 0 Å². The summed E-state index contributed by atoms with van der Waals surface area (Å²) in [6, 6.07) is 0. The molecular weight excluding hydrogens is 346 g/mol. The molecule has 0 aliphatic carbocycles. The summed E-state index contributed by atoms with van der Waals surface area (Å²) in [5, 5.41) is 0. The van der Waals surface area contributed by atoms with Crippen molar-refractivity contribution in [2.24, 2.45) is 0 Å². The van der Waals surface area contributed by atoms with Gasteiger partial charge in [0.05, 0.1) is 0 Å². The Morgan fingerprint density at radius 2 is 0.467 bits per heavy atom. The maximum absolute atomic E-state index is 8.74. The Hall–Kier alpha value is 3.76. The van der Waals surface area contributed by atoms with E-state index in [1.165, 1.54) is 0 Å². The molecule has 0 aromatic heterocycles. The predicted molar refractivity (Wildman–Crippen MR) is 54.1 cm³/mol. The van der Waals surface area contributed by atoms with Crippen LogP contribution in [0.3, 0.4) is 0 Å². The van der Waals surface area contributed by atoms with Crippen LogP contribution in [0.4, 0.5) is 0 Å². The summed E-state index contributed by atoms with van der Waals surface area (Å²) >= 11 is 0. The molecule has 0 spiro atoms. The quantitative estimate of drug-likeness (QED) is 0.231. The van der Waals surface area contributed by atoms with Gasteiger partial charge in [0, 0.05) is 0 Å². The molecule has 0 saturated carbocycles. The van der Waals surface area contributed by atoms with Gasteiger partial charge in [-0.2, -0.15) is 0 Å². The van der Waals surface area contributed by atoms with Gasteiger partial charge in [-0.15, -0.1) is 0 Å². The van der Waals surface area contributed by atoms with Crippen molar-refractivity contribution in [3.63, 3.8) is 0 Å². The summed E-state index contributed by atoms with van der Waals surface area (Å²) in [5.41, 5.74) is 0. The van der Waals surface area contributed by atoms with Crippen molar-refractivity contribution in [1.82, 2.24) is 0 Å². The Morgan fingerprint density at radius 1 is 0.467 bits per heavy atom. The molecule has 0 bridgehead atoms. The topological polar surface area (TPSA) is 173 Å². The molecule has 0 aromatic carbocycles. The molecule has 0 radical (unpaired) electrons. The van der Waals surface area contributed by atoms with Crippen LogP contribution in [0.15, 0.2) is 0 Å². The fraction of sp³-hybridized carbons (Fsp3) is 0. The first kappa shape index (κ1) is 36.3. The average molecular weight is 355 g/mol. The van der Waals surface area contributed by atoms with E-state index < -0.39 is 27.5 Å². The molecule has 6 N–H and O–H groups in total. The zero-order valence-corrected chi connectivity index (χ0v) is 8.41. The molecular formula is H9K3O9Si3. The van der Waals surface area contributed by atoms with Crippen LogP contribution in [0.2, 0.25) is 0 Å². The molecule has 15 heavy (non-hydrogen) atoms. The van der Waals surface area contributed by atoms with Crippen molar-refractivity contribution >= 4 is 182 Å². The fourth-order valence-corrected chi connectivity index (χ4v) is 0. The molecule has 0 saturated heterocycles. The van der Waals surface area contributed by atoms with Crippen LogP contribution in [0.5, 0.6) is 0 Å². The summed E-state index contributed by atoms with van der Waals surface area (Å²) in [4.78, 5) is 42.9. The van der Waals surface area contributed by atoms with Crippen molar-refractivity contribution in [2.45, 2.75) is 0 Å². The van der Waals surface area contributed by atoms with Crippen LogP contribution in [-0.4, -0.2) is 210 Å². The van der Waals surface area contributed by atoms with E-state index in [2.05, 4.69) is 0 Å². The minimum atomic E-state index is -3.13. The minimum absolute atomic E-state index is 0. The molecule has 0 atom stereocenters. The van der Waals surface area contributed by atoms with Gasteiger partial charge in [0.25, 0.3) is 0 Å². The van der Waals surface area contributed by atoms with Crippen LogP contribution < -0.4 is 0 Å². The first-order valence-electron chi connectivity index (χ1n) is 1.95. The molecule has 78 valence electrons. The van der Waals surface area contributed by atoms with E-state index in [0.717, 1.165) is 0 Å². The van der Waals surface area contributed by atoms with Gasteiger partial charge >= 0.3 is 182 Å². The molecule has 0 fully saturated rings. The zero-order chi connectivity index (χ0) is 10.7. The van der Waals surface area contributed by atoms with Gasteiger partial charge in [0.15, 0.2) is 0 Å². The Morgan fingerprint density at radius 3 is 0.467 bits per heavy atom. The third-order valence-corrected chi connectivity index (χ3v) is 0. The third-order valence-electron chi connectivity index (χ3n) is 0. The van der Waals surface area contributed by atoms with Crippen LogP contribution >= 0.6 is 0 Å². The van der Waals surface area contributed by atoms with Crippen molar-refractivity contribution in [3.8, 4) is 0 Å². The van der Waals surface area contributed by atoms with E-state index in [1.54, 1.807) is 0 Å². The second kappa shape index (κ2) is 30.6. The second-order valence-corrected chi connectivity index (χ2v) is 2.54. The maximum atomic E-state index is 8.74. The van der Waals surface area contributed by atoms with Crippen molar-refractivity contribution in [1.29, 1.82) is 0 Å². The van der Waals surface area contributed by atoms with E-state index in [1.807, 2.05) is 0 Å². The Balaban J connectivity index is -0.0000000184. The zero-order valence-electron chi connectivity index (χ0n) is 5.41. The third kappa shape index (κ3) is 312. The molecule has 0 aliphatic rings. The monoisotopic (exact) mass is 354 g/mol. The first-order valence-corrected chi connectivity index (χ1v) is 5.86. The molecule has 9 nitrogen and oxygen atoms in total. The van der Waals surface area contributed by atoms with Crippen LogP contribution in [0, 0.1) is 0 Å². The van der Waals surface area contributed by atoms with E-state index in [0.29, 0.717) is 0 Å². The summed E-state index contributed by atoms with van der Waals surface area (Å²) in [7, 11) is -9.39. The Bertz CT molecular complexity index is 118. The van der Waals surface area contributed by atoms with Gasteiger partial charge in [-0.25, -0.2) is 0 Å². The second-order valence-electron chi connectivity index (χ2n) is 0.848. The first-order chi connectivity index (χ1) is 5.20. The number of hydrogen-bond acceptors (Lipinski definition) is 3. The van der Waals surface area contributed by atoms with Crippen LogP contribution in [0.1, 0.15) is 0 Å². The molecule has 0 aliphatic heterocycles. The van der Waals surface area contributed by atoms with Gasteiger partial charge in [-0.3, -0.25) is 13.4 Å². The van der Waals surface area contributed by atoms with E-state index in [9.17, 15) is 0 Å². The molecule has 0 heterocycles. The van der Waals surface area contributed by atoms with Crippen LogP contribution in [0.25, 0.3) is 0 Å². The van der Waals surface area contributed by atoms with Gasteiger partial charge in [-0.1, -0.05) is 0 Å². The summed E-state index contributed by atoms with van der Waals surface area (Å²) in [6.45, 7) is 0. The van der Waals surface area contributed by atoms with Crippen LogP contribution in [-0.2, 0) is 13.4 Å². The van der Waals surface area contributed by atoms with Gasteiger partial charge in [-0.05, 0) is 0 Å². The van der Waals surface area contributed by atoms with Crippen molar-refractivity contribution in [2.75, 3.05) is 0 Å². The molecule has 15 heteroatoms. The molecule has 0 unspecified atom stereocenters. The summed E-state index contributed by atoms with van der Waals surface area (Å²) < 4.78 is 26.2. The molecule has 0 aromatic rings. The molecule has 0 rings (SSSR count). The predicted octanol–water partition coefficient (Wildman–Crippen LogP) is -6.79. The Kier molecular flexibility index (Phi) is 74.2. The summed E-state index contributed by atoms with van der Waals surface area (Å²) in [5.74, 6) is 0. The standard InChI is InChI=1S/3K.3H2O3Si.3H/c;;;3*1-4(2)3;;;/h;;;3*1-2H;;;. The molecule has 0 amide bonds. The van der Waals surface area contributed by atoms with Crippen molar-refractivity contribution in [3.05, 3.63) is 0 Å². The SMILES string of the molecule is O=[Si](O)O.O=[Si](O)O.O=[Si](O)O.[KH].[KH].[KH].